The number of benzene rings is 2. The van der Waals surface area contributed by atoms with Crippen molar-refractivity contribution < 1.29 is 24.4 Å². The summed E-state index contributed by atoms with van der Waals surface area (Å²) < 4.78 is 5.80. The number of likely N-dealkylation sites (tertiary alicyclic amines) is 1. The summed E-state index contributed by atoms with van der Waals surface area (Å²) in [7, 11) is 3.68. The van der Waals surface area contributed by atoms with Crippen LogP contribution < -0.4 is 4.74 Å². The molecule has 9 nitrogen and oxygen atoms in total. The van der Waals surface area contributed by atoms with Crippen molar-refractivity contribution in [3.8, 4) is 5.75 Å². The van der Waals surface area contributed by atoms with E-state index in [0.29, 0.717) is 35.9 Å². The van der Waals surface area contributed by atoms with Crippen LogP contribution >= 0.6 is 0 Å². The fraction of sp³-hybridized carbons (Fsp3) is 0.385. The molecule has 1 atom stereocenters. The van der Waals surface area contributed by atoms with E-state index in [0.717, 1.165) is 5.56 Å². The quantitative estimate of drug-likeness (QED) is 0.190. The molecule has 1 N–H and O–H groups in total. The lowest BCUT2D eigenvalue weighted by Crippen LogP contribution is -2.35. The Bertz CT molecular complexity index is 1170. The number of aliphatic hydroxyl groups excluding tert-OH is 1. The molecule has 35 heavy (non-hydrogen) atoms. The number of aliphatic hydroxyl groups is 1. The largest absolute Gasteiger partial charge is 0.507 e. The van der Waals surface area contributed by atoms with E-state index in [1.165, 1.54) is 23.1 Å². The van der Waals surface area contributed by atoms with Crippen LogP contribution in [0.4, 0.5) is 5.69 Å². The number of nitro benzene ring substituents is 1. The highest BCUT2D eigenvalue weighted by molar-refractivity contribution is 6.46. The number of hydrogen-bond acceptors (Lipinski definition) is 7. The van der Waals surface area contributed by atoms with Gasteiger partial charge in [-0.3, -0.25) is 19.7 Å². The number of Topliss-reactive ketones (excluding diaryl/α,β-unsaturated/α-hetero) is 1. The van der Waals surface area contributed by atoms with E-state index in [1.54, 1.807) is 24.3 Å². The van der Waals surface area contributed by atoms with Gasteiger partial charge in [-0.15, -0.1) is 0 Å². The average molecular weight is 482 g/mol. The number of nitro groups is 1. The predicted octanol–water partition coefficient (Wildman–Crippen LogP) is 3.92. The Morgan fingerprint density at radius 2 is 1.91 bits per heavy atom. The first-order valence-electron chi connectivity index (χ1n) is 11.4. The number of aryl methyl sites for hydroxylation is 1. The van der Waals surface area contributed by atoms with Crippen molar-refractivity contribution in [2.75, 3.05) is 33.8 Å². The van der Waals surface area contributed by atoms with E-state index >= 15 is 0 Å². The lowest BCUT2D eigenvalue weighted by molar-refractivity contribution is -0.384. The second-order valence-corrected chi connectivity index (χ2v) is 9.33. The smallest absolute Gasteiger partial charge is 0.295 e. The number of carbonyl (C=O) groups is 2. The summed E-state index contributed by atoms with van der Waals surface area (Å²) in [6, 6.07) is 9.90. The first-order chi connectivity index (χ1) is 16.5. The lowest BCUT2D eigenvalue weighted by Gasteiger charge is -2.26. The summed E-state index contributed by atoms with van der Waals surface area (Å²) in [5.74, 6) is -0.896. The van der Waals surface area contributed by atoms with Gasteiger partial charge in [-0.05, 0) is 56.3 Å². The average Bonchev–Trinajstić information content (AvgIpc) is 3.06. The third kappa shape index (κ3) is 5.68. The van der Waals surface area contributed by atoms with Gasteiger partial charge in [0.05, 0.1) is 23.1 Å². The molecule has 1 aliphatic rings. The van der Waals surface area contributed by atoms with Crippen LogP contribution in [0, 0.1) is 23.0 Å². The molecule has 0 radical (unpaired) electrons. The number of ketones is 1. The van der Waals surface area contributed by atoms with Gasteiger partial charge in [0.2, 0.25) is 0 Å². The van der Waals surface area contributed by atoms with Gasteiger partial charge in [-0.2, -0.15) is 0 Å². The third-order valence-electron chi connectivity index (χ3n) is 5.75. The number of ether oxygens (including phenoxy) is 1. The van der Waals surface area contributed by atoms with E-state index in [4.69, 9.17) is 4.74 Å². The molecular formula is C26H31N3O6. The molecular weight excluding hydrogens is 450 g/mol. The molecule has 186 valence electrons. The van der Waals surface area contributed by atoms with E-state index in [9.17, 15) is 24.8 Å². The zero-order valence-electron chi connectivity index (χ0n) is 20.6. The normalized spacial score (nSPS) is 17.5. The summed E-state index contributed by atoms with van der Waals surface area (Å²) in [5.41, 5.74) is 1.25. The van der Waals surface area contributed by atoms with Crippen molar-refractivity contribution >= 4 is 23.1 Å². The van der Waals surface area contributed by atoms with E-state index in [1.807, 2.05) is 39.8 Å². The molecule has 0 saturated carbocycles. The second-order valence-electron chi connectivity index (χ2n) is 9.33. The number of amides is 1. The highest BCUT2D eigenvalue weighted by atomic mass is 16.6. The number of non-ortho nitro benzene ring substituents is 1. The van der Waals surface area contributed by atoms with Crippen LogP contribution in [0.1, 0.15) is 36.6 Å². The summed E-state index contributed by atoms with van der Waals surface area (Å²) >= 11 is 0. The van der Waals surface area contributed by atoms with Gasteiger partial charge in [0.25, 0.3) is 17.4 Å². The Labute approximate surface area is 204 Å². The molecule has 0 unspecified atom stereocenters. The molecule has 1 saturated heterocycles. The molecule has 1 aliphatic heterocycles. The molecule has 2 aromatic rings. The van der Waals surface area contributed by atoms with Gasteiger partial charge in [0.1, 0.15) is 11.5 Å². The maximum Gasteiger partial charge on any atom is 0.295 e. The Morgan fingerprint density at radius 3 is 2.51 bits per heavy atom. The molecule has 2 aromatic carbocycles. The monoisotopic (exact) mass is 481 g/mol. The Hall–Kier alpha value is -3.72. The van der Waals surface area contributed by atoms with Crippen LogP contribution in [-0.2, 0) is 9.59 Å². The van der Waals surface area contributed by atoms with Crippen LogP contribution in [0.15, 0.2) is 48.0 Å². The SMILES string of the molecule is Cc1cc(C(O)=C2C(=O)C(=O)N(CCN(C)C)[C@@H]2c2cccc([N+](=O)[O-])c2)ccc1OCC(C)C. The van der Waals surface area contributed by atoms with E-state index < -0.39 is 22.7 Å². The summed E-state index contributed by atoms with van der Waals surface area (Å²) in [6.07, 6.45) is 0. The molecule has 0 spiro atoms. The van der Waals surface area contributed by atoms with Crippen molar-refractivity contribution in [2.45, 2.75) is 26.8 Å². The predicted molar refractivity (Wildman–Crippen MR) is 132 cm³/mol. The molecule has 3 rings (SSSR count). The molecule has 0 aliphatic carbocycles. The minimum Gasteiger partial charge on any atom is -0.507 e. The van der Waals surface area contributed by atoms with Crippen molar-refractivity contribution in [3.05, 3.63) is 74.8 Å². The van der Waals surface area contributed by atoms with Gasteiger partial charge < -0.3 is 19.6 Å². The topological polar surface area (TPSA) is 113 Å². The van der Waals surface area contributed by atoms with Crippen molar-refractivity contribution in [3.63, 3.8) is 0 Å². The first kappa shape index (κ1) is 25.9. The fourth-order valence-corrected chi connectivity index (χ4v) is 3.94. The number of rotatable bonds is 9. The Kier molecular flexibility index (Phi) is 7.91. The molecule has 0 bridgehead atoms. The Morgan fingerprint density at radius 1 is 1.20 bits per heavy atom. The van der Waals surface area contributed by atoms with Gasteiger partial charge in [-0.25, -0.2) is 0 Å². The lowest BCUT2D eigenvalue weighted by atomic mass is 9.94. The van der Waals surface area contributed by atoms with Crippen LogP contribution in [-0.4, -0.2) is 65.3 Å². The molecule has 9 heteroatoms. The zero-order valence-corrected chi connectivity index (χ0v) is 20.6. The number of hydrogen-bond donors (Lipinski definition) is 1. The fourth-order valence-electron chi connectivity index (χ4n) is 3.94. The first-order valence-corrected chi connectivity index (χ1v) is 11.4. The van der Waals surface area contributed by atoms with E-state index in [2.05, 4.69) is 0 Å². The summed E-state index contributed by atoms with van der Waals surface area (Å²) in [6.45, 7) is 7.13. The van der Waals surface area contributed by atoms with Crippen molar-refractivity contribution in [1.82, 2.24) is 9.80 Å². The standard InChI is InChI=1S/C26H31N3O6/c1-16(2)15-35-21-10-9-19(13-17(21)3)24(30)22-23(18-7-6-8-20(14-18)29(33)34)28(12-11-27(4)5)26(32)25(22)31/h6-10,13-14,16,23,30H,11-12,15H2,1-5H3/t23-/m1/s1. The maximum atomic E-state index is 13.1. The van der Waals surface area contributed by atoms with Crippen molar-refractivity contribution in [1.29, 1.82) is 0 Å². The van der Waals surface area contributed by atoms with Gasteiger partial charge in [0, 0.05) is 30.8 Å². The van der Waals surface area contributed by atoms with Gasteiger partial charge >= 0.3 is 0 Å². The molecule has 1 fully saturated rings. The van der Waals surface area contributed by atoms with Crippen LogP contribution in [0.25, 0.3) is 5.76 Å². The number of likely N-dealkylation sites (N-methyl/N-ethyl adjacent to an activating group) is 1. The minimum absolute atomic E-state index is 0.0931. The zero-order chi connectivity index (χ0) is 25.9. The highest BCUT2D eigenvalue weighted by Gasteiger charge is 2.46. The third-order valence-corrected chi connectivity index (χ3v) is 5.75. The van der Waals surface area contributed by atoms with E-state index in [-0.39, 0.29) is 23.6 Å². The molecule has 1 amide bonds. The summed E-state index contributed by atoms with van der Waals surface area (Å²) in [5, 5.41) is 22.6. The molecule has 1 heterocycles. The maximum absolute atomic E-state index is 13.1. The van der Waals surface area contributed by atoms with Crippen LogP contribution in [0.5, 0.6) is 5.75 Å². The van der Waals surface area contributed by atoms with Gasteiger partial charge in [0.15, 0.2) is 0 Å². The molecule has 0 aromatic heterocycles. The Balaban J connectivity index is 2.11. The van der Waals surface area contributed by atoms with Crippen molar-refractivity contribution in [2.24, 2.45) is 5.92 Å². The van der Waals surface area contributed by atoms with Gasteiger partial charge in [-0.1, -0.05) is 26.0 Å². The number of nitrogens with zero attached hydrogens (tertiary/aromatic N) is 3. The van der Waals surface area contributed by atoms with Crippen LogP contribution in [0.2, 0.25) is 0 Å². The highest BCUT2D eigenvalue weighted by Crippen LogP contribution is 2.40. The second kappa shape index (κ2) is 10.7. The number of carbonyl (C=O) groups excluding carboxylic acids is 2. The summed E-state index contributed by atoms with van der Waals surface area (Å²) in [4.78, 5) is 40.2. The van der Waals surface area contributed by atoms with Crippen LogP contribution in [0.3, 0.4) is 0 Å². The minimum atomic E-state index is -0.952.